The van der Waals surface area contributed by atoms with E-state index in [2.05, 4.69) is 15.5 Å². The number of aryl methyl sites for hydroxylation is 1. The van der Waals surface area contributed by atoms with Gasteiger partial charge in [-0.2, -0.15) is 4.98 Å². The second kappa shape index (κ2) is 9.93. The van der Waals surface area contributed by atoms with Crippen molar-refractivity contribution in [2.45, 2.75) is 39.0 Å². The number of amides is 1. The fourth-order valence-electron chi connectivity index (χ4n) is 5.00. The summed E-state index contributed by atoms with van der Waals surface area (Å²) in [6, 6.07) is 10.5. The SMILES string of the molecule is Cc1nc(N2CCNCC2)nc2c1ccc(=O)n2-c1ccc(C(=O)NCC2CCCCC2)cc1. The Hall–Kier alpha value is -3.26. The first-order valence-electron chi connectivity index (χ1n) is 12.3. The number of aromatic nitrogens is 3. The second-order valence-corrected chi connectivity index (χ2v) is 9.35. The number of hydrogen-bond acceptors (Lipinski definition) is 6. The molecule has 178 valence electrons. The lowest BCUT2D eigenvalue weighted by atomic mass is 9.89. The van der Waals surface area contributed by atoms with E-state index in [0.717, 1.165) is 43.8 Å². The lowest BCUT2D eigenvalue weighted by Crippen LogP contribution is -2.44. The molecule has 1 amide bonds. The monoisotopic (exact) mass is 460 g/mol. The van der Waals surface area contributed by atoms with Crippen LogP contribution in [-0.2, 0) is 0 Å². The molecule has 3 aromatic rings. The molecule has 1 aromatic carbocycles. The Kier molecular flexibility index (Phi) is 6.58. The van der Waals surface area contributed by atoms with Crippen LogP contribution in [0.4, 0.5) is 5.95 Å². The molecular weight excluding hydrogens is 428 g/mol. The number of piperazine rings is 1. The highest BCUT2D eigenvalue weighted by molar-refractivity contribution is 5.94. The molecule has 8 nitrogen and oxygen atoms in total. The van der Waals surface area contributed by atoms with Crippen molar-refractivity contribution in [3.63, 3.8) is 0 Å². The third kappa shape index (κ3) is 4.68. The van der Waals surface area contributed by atoms with Crippen LogP contribution in [0.3, 0.4) is 0 Å². The number of nitrogens with zero attached hydrogens (tertiary/aromatic N) is 4. The Morgan fingerprint density at radius 2 is 1.76 bits per heavy atom. The second-order valence-electron chi connectivity index (χ2n) is 9.35. The molecule has 1 saturated heterocycles. The van der Waals surface area contributed by atoms with Gasteiger partial charge in [-0.1, -0.05) is 19.3 Å². The molecule has 3 heterocycles. The number of nitrogens with one attached hydrogen (secondary N) is 2. The number of rotatable bonds is 5. The maximum atomic E-state index is 12.9. The van der Waals surface area contributed by atoms with E-state index in [1.807, 2.05) is 19.1 Å². The highest BCUT2D eigenvalue weighted by Gasteiger charge is 2.18. The zero-order chi connectivity index (χ0) is 23.5. The lowest BCUT2D eigenvalue weighted by molar-refractivity contribution is 0.0943. The summed E-state index contributed by atoms with van der Waals surface area (Å²) in [5, 5.41) is 7.26. The molecule has 0 radical (unpaired) electrons. The van der Waals surface area contributed by atoms with Crippen LogP contribution >= 0.6 is 0 Å². The molecule has 1 aliphatic heterocycles. The lowest BCUT2D eigenvalue weighted by Gasteiger charge is -2.28. The van der Waals surface area contributed by atoms with Crippen LogP contribution in [0.15, 0.2) is 41.2 Å². The number of benzene rings is 1. The van der Waals surface area contributed by atoms with Crippen molar-refractivity contribution < 1.29 is 4.79 Å². The summed E-state index contributed by atoms with van der Waals surface area (Å²) >= 11 is 0. The van der Waals surface area contributed by atoms with E-state index in [1.165, 1.54) is 32.1 Å². The predicted molar refractivity (Wildman–Crippen MR) is 134 cm³/mol. The van der Waals surface area contributed by atoms with Gasteiger partial charge in [0.25, 0.3) is 11.5 Å². The van der Waals surface area contributed by atoms with Crippen molar-refractivity contribution in [1.82, 2.24) is 25.2 Å². The third-order valence-electron chi connectivity index (χ3n) is 6.99. The molecular formula is C26H32N6O2. The van der Waals surface area contributed by atoms with E-state index in [4.69, 9.17) is 9.97 Å². The molecule has 2 aliphatic rings. The van der Waals surface area contributed by atoms with Gasteiger partial charge >= 0.3 is 0 Å². The molecule has 2 N–H and O–H groups in total. The topological polar surface area (TPSA) is 92.2 Å². The zero-order valence-corrected chi connectivity index (χ0v) is 19.7. The van der Waals surface area contributed by atoms with Crippen molar-refractivity contribution in [3.05, 3.63) is 58.0 Å². The first-order chi connectivity index (χ1) is 16.6. The van der Waals surface area contributed by atoms with E-state index >= 15 is 0 Å². The van der Waals surface area contributed by atoms with Crippen LogP contribution in [0, 0.1) is 12.8 Å². The normalized spacial score (nSPS) is 17.1. The quantitative estimate of drug-likeness (QED) is 0.608. The molecule has 0 bridgehead atoms. The standard InChI is InChI=1S/C26H32N6O2/c1-18-22-11-12-23(33)32(24(22)30-26(29-18)31-15-13-27-14-16-31)21-9-7-20(8-10-21)25(34)28-17-19-5-3-2-4-6-19/h7-12,19,27H,2-6,13-17H2,1H3,(H,28,34). The number of fused-ring (bicyclic) bond motifs is 1. The van der Waals surface area contributed by atoms with Crippen LogP contribution < -0.4 is 21.1 Å². The zero-order valence-electron chi connectivity index (χ0n) is 19.7. The van der Waals surface area contributed by atoms with E-state index < -0.39 is 0 Å². The summed E-state index contributed by atoms with van der Waals surface area (Å²) in [5.41, 5.74) is 2.55. The van der Waals surface area contributed by atoms with E-state index in [9.17, 15) is 9.59 Å². The summed E-state index contributed by atoms with van der Waals surface area (Å²) in [6.45, 7) is 6.09. The van der Waals surface area contributed by atoms with E-state index in [0.29, 0.717) is 28.8 Å². The molecule has 2 fully saturated rings. The molecule has 1 aliphatic carbocycles. The molecule has 0 atom stereocenters. The highest BCUT2D eigenvalue weighted by atomic mass is 16.1. The summed E-state index contributed by atoms with van der Waals surface area (Å²) in [4.78, 5) is 37.3. The van der Waals surface area contributed by atoms with Crippen LogP contribution in [0.1, 0.15) is 48.2 Å². The fourth-order valence-corrected chi connectivity index (χ4v) is 5.00. The summed E-state index contributed by atoms with van der Waals surface area (Å²) in [7, 11) is 0. The average molecular weight is 461 g/mol. The van der Waals surface area contributed by atoms with Gasteiger partial charge in [0.1, 0.15) is 0 Å². The van der Waals surface area contributed by atoms with Crippen LogP contribution in [0.2, 0.25) is 0 Å². The van der Waals surface area contributed by atoms with Gasteiger partial charge in [-0.3, -0.25) is 14.2 Å². The smallest absolute Gasteiger partial charge is 0.256 e. The third-order valence-corrected chi connectivity index (χ3v) is 6.99. The first-order valence-corrected chi connectivity index (χ1v) is 12.3. The Morgan fingerprint density at radius 1 is 1.03 bits per heavy atom. The Balaban J connectivity index is 1.42. The molecule has 8 heteroatoms. The minimum atomic E-state index is -0.161. The molecule has 0 spiro atoms. The maximum Gasteiger partial charge on any atom is 0.256 e. The van der Waals surface area contributed by atoms with Gasteiger partial charge in [-0.05, 0) is 56.0 Å². The van der Waals surface area contributed by atoms with Gasteiger partial charge in [0.15, 0.2) is 5.65 Å². The molecule has 5 rings (SSSR count). The van der Waals surface area contributed by atoms with Crippen molar-refractivity contribution in [1.29, 1.82) is 0 Å². The number of carbonyl (C=O) groups is 1. The molecule has 1 saturated carbocycles. The molecule has 0 unspecified atom stereocenters. The average Bonchev–Trinajstić information content (AvgIpc) is 2.88. The Labute approximate surface area is 199 Å². The van der Waals surface area contributed by atoms with Crippen LogP contribution in [-0.4, -0.2) is 53.2 Å². The largest absolute Gasteiger partial charge is 0.352 e. The van der Waals surface area contributed by atoms with Crippen molar-refractivity contribution >= 4 is 22.9 Å². The maximum absolute atomic E-state index is 12.9. The fraction of sp³-hybridized carbons (Fsp3) is 0.462. The number of pyridine rings is 1. The van der Waals surface area contributed by atoms with Crippen LogP contribution in [0.25, 0.3) is 16.7 Å². The van der Waals surface area contributed by atoms with Gasteiger partial charge in [0.2, 0.25) is 5.95 Å². The number of anilines is 1. The van der Waals surface area contributed by atoms with Gasteiger partial charge in [0.05, 0.1) is 11.4 Å². The summed E-state index contributed by atoms with van der Waals surface area (Å²) < 4.78 is 1.61. The van der Waals surface area contributed by atoms with Gasteiger partial charge in [-0.25, -0.2) is 4.98 Å². The van der Waals surface area contributed by atoms with Gasteiger partial charge in [-0.15, -0.1) is 0 Å². The van der Waals surface area contributed by atoms with E-state index in [-0.39, 0.29) is 11.5 Å². The minimum absolute atomic E-state index is 0.0680. The number of hydrogen-bond donors (Lipinski definition) is 2. The molecule has 2 aromatic heterocycles. The van der Waals surface area contributed by atoms with Crippen molar-refractivity contribution in [3.8, 4) is 5.69 Å². The summed E-state index contributed by atoms with van der Waals surface area (Å²) in [5.74, 6) is 1.16. The summed E-state index contributed by atoms with van der Waals surface area (Å²) in [6.07, 6.45) is 6.21. The minimum Gasteiger partial charge on any atom is -0.352 e. The highest BCUT2D eigenvalue weighted by Crippen LogP contribution is 2.23. The first kappa shape index (κ1) is 22.5. The Bertz CT molecular complexity index is 1220. The van der Waals surface area contributed by atoms with Gasteiger partial charge in [0, 0.05) is 49.7 Å². The van der Waals surface area contributed by atoms with Crippen molar-refractivity contribution in [2.24, 2.45) is 5.92 Å². The van der Waals surface area contributed by atoms with Crippen LogP contribution in [0.5, 0.6) is 0 Å². The van der Waals surface area contributed by atoms with E-state index in [1.54, 1.807) is 28.8 Å². The number of carbonyl (C=O) groups excluding carboxylic acids is 1. The van der Waals surface area contributed by atoms with Gasteiger partial charge < -0.3 is 15.5 Å². The predicted octanol–water partition coefficient (Wildman–Crippen LogP) is 2.81. The molecule has 34 heavy (non-hydrogen) atoms. The van der Waals surface area contributed by atoms with Crippen molar-refractivity contribution in [2.75, 3.05) is 37.6 Å². The Morgan fingerprint density at radius 3 is 2.50 bits per heavy atom.